The van der Waals surface area contributed by atoms with Gasteiger partial charge in [-0.25, -0.2) is 26.4 Å². The minimum Gasteiger partial charge on any atom is -0.484 e. The van der Waals surface area contributed by atoms with Crippen LogP contribution < -0.4 is 24.8 Å². The number of urea groups is 1. The quantitative estimate of drug-likeness (QED) is 0.0367. The molecule has 2 saturated heterocycles. The topological polar surface area (TPSA) is 200 Å². The minimum atomic E-state index is -3.78. The molecule has 23 heteroatoms. The first-order valence-corrected chi connectivity index (χ1v) is 35.2. The van der Waals surface area contributed by atoms with Crippen LogP contribution in [0.4, 0.5) is 4.79 Å². The minimum absolute atomic E-state index is 0.0637. The number of nitrogens with one attached hydrogen (secondary N) is 3. The summed E-state index contributed by atoms with van der Waals surface area (Å²) in [7, 11) is -7.33. The van der Waals surface area contributed by atoms with Gasteiger partial charge in [-0.3, -0.25) is 14.6 Å². The second-order valence-corrected chi connectivity index (χ2v) is 28.4. The average Bonchev–Trinajstić information content (AvgIpc) is 1.98. The van der Waals surface area contributed by atoms with E-state index in [0.717, 1.165) is 93.1 Å². The van der Waals surface area contributed by atoms with E-state index in [1.807, 2.05) is 12.1 Å². The zero-order valence-electron chi connectivity index (χ0n) is 49.5. The number of likely N-dealkylation sites (tertiary alicyclic amines) is 2. The number of sulfone groups is 1. The number of ether oxygens (including phenoxy) is 6. The Kier molecular flexibility index (Phi) is 26.8. The number of rotatable bonds is 35. The predicted molar refractivity (Wildman–Crippen MR) is 337 cm³/mol. The van der Waals surface area contributed by atoms with E-state index in [1.54, 1.807) is 48.5 Å². The van der Waals surface area contributed by atoms with E-state index in [4.69, 9.17) is 74.8 Å². The Balaban J connectivity index is 0.582. The lowest BCUT2D eigenvalue weighted by Gasteiger charge is -2.40. The number of piperidine rings is 2. The normalized spacial score (nSPS) is 20.8. The Morgan fingerprint density at radius 1 is 0.535 bits per heavy atom. The van der Waals surface area contributed by atoms with Crippen LogP contribution in [-0.2, 0) is 56.4 Å². The summed E-state index contributed by atoms with van der Waals surface area (Å²) in [4.78, 5) is 30.0. The molecule has 2 fully saturated rings. The third-order valence-corrected chi connectivity index (χ3v) is 21.0. The summed E-state index contributed by atoms with van der Waals surface area (Å²) in [6.45, 7) is 9.72. The van der Waals surface area contributed by atoms with Crippen molar-refractivity contribution in [2.24, 2.45) is 0 Å². The van der Waals surface area contributed by atoms with Gasteiger partial charge in [-0.05, 0) is 175 Å². The smallest absolute Gasteiger partial charge is 0.314 e. The molecule has 17 nitrogen and oxygen atoms in total. The molecule has 0 bridgehead atoms. The van der Waals surface area contributed by atoms with Gasteiger partial charge in [0.15, 0.2) is 9.84 Å². The fraction of sp³-hybridized carbons (Fsp3) is 0.587. The lowest BCUT2D eigenvalue weighted by molar-refractivity contribution is -0.119. The predicted octanol–water partition coefficient (Wildman–Crippen LogP) is 11.6. The second-order valence-electron chi connectivity index (χ2n) is 22.8. The Bertz CT molecular complexity index is 2850. The van der Waals surface area contributed by atoms with Gasteiger partial charge in [0.25, 0.3) is 0 Å². The summed E-state index contributed by atoms with van der Waals surface area (Å²) in [6, 6.07) is 21.2. The molecule has 0 aromatic heterocycles. The van der Waals surface area contributed by atoms with Crippen LogP contribution in [0.15, 0.2) is 82.6 Å². The number of Topliss-reactive ketones (excluding diaryl/α,β-unsaturated/α-hetero) is 1. The highest BCUT2D eigenvalue weighted by molar-refractivity contribution is 7.91. The van der Waals surface area contributed by atoms with Crippen LogP contribution in [-0.4, -0.2) is 154 Å². The molecule has 86 heavy (non-hydrogen) atoms. The highest BCUT2D eigenvalue weighted by Gasteiger charge is 2.43. The number of sulfonamides is 1. The number of benzene rings is 4. The van der Waals surface area contributed by atoms with Gasteiger partial charge in [0.2, 0.25) is 10.0 Å². The molecule has 4 aromatic carbocycles. The maximum atomic E-state index is 13.2. The van der Waals surface area contributed by atoms with Crippen LogP contribution in [0.2, 0.25) is 20.1 Å². The number of carbonyl (C=O) groups is 2. The van der Waals surface area contributed by atoms with Crippen molar-refractivity contribution in [3.8, 4) is 11.5 Å². The molecule has 4 aromatic rings. The standard InChI is InChI=1S/C63H85Cl4N5O12S2/c1-44-12-5-8-27-71(44)59-42-53-55(38-46(64)40-57(53)66)61(59)83-49-16-20-51(21-17-49)85(75,76)37-11-30-80-34-35-81-31-25-69-63(74)68-24-7-3-4-14-48(73)15-10-29-79-33-36-82-32-26-70-86(77,78)52-22-18-50(19-23-52)84-62-56-39-47(65)41-58(67)54(56)43-60(62)72-28-9-6-13-45(72)2/h16-23,38-41,44-45,59-62,70H,3-15,24-37,42-43H2,1-2H3,(H2,68,69,74)/t44-,45-,59+,60+,61+,62+/m1/s1. The lowest BCUT2D eigenvalue weighted by atomic mass is 9.99. The lowest BCUT2D eigenvalue weighted by Crippen LogP contribution is -2.47. The van der Waals surface area contributed by atoms with Crippen molar-refractivity contribution in [2.45, 2.75) is 156 Å². The molecular formula is C63H85Cl4N5O12S2. The maximum Gasteiger partial charge on any atom is 0.314 e. The van der Waals surface area contributed by atoms with Gasteiger partial charge in [0.1, 0.15) is 29.5 Å². The van der Waals surface area contributed by atoms with Gasteiger partial charge in [-0.15, -0.1) is 0 Å². The van der Waals surface area contributed by atoms with Gasteiger partial charge >= 0.3 is 6.03 Å². The number of fused-ring (bicyclic) bond motifs is 2. The van der Waals surface area contributed by atoms with E-state index in [1.165, 1.54) is 25.0 Å². The first-order chi connectivity index (χ1) is 41.5. The summed E-state index contributed by atoms with van der Waals surface area (Å²) < 4.78 is 90.6. The maximum absolute atomic E-state index is 13.2. The van der Waals surface area contributed by atoms with Crippen molar-refractivity contribution in [3.63, 3.8) is 0 Å². The SMILES string of the molecule is C[C@@H]1CCCCN1[C@H]1Cc2c(Cl)cc(Cl)cc2[C@@H]1Oc1ccc(S(=O)(=O)CCCOCCOCCNC(=O)NCCCCCC(=O)CCCOCCOCCNS(=O)(=O)c2ccc(O[C@H]3c4cc(Cl)cc(Cl)c4C[C@@H]3N3CCCC[C@H]3C)cc2)cc1. The van der Waals surface area contributed by atoms with Crippen LogP contribution >= 0.6 is 46.4 Å². The van der Waals surface area contributed by atoms with Crippen LogP contribution in [0.5, 0.6) is 11.5 Å². The van der Waals surface area contributed by atoms with Crippen LogP contribution in [0, 0.1) is 0 Å². The fourth-order valence-electron chi connectivity index (χ4n) is 12.1. The highest BCUT2D eigenvalue weighted by atomic mass is 35.5. The molecule has 2 heterocycles. The molecule has 6 atom stereocenters. The Hall–Kier alpha value is -3.80. The van der Waals surface area contributed by atoms with Crippen molar-refractivity contribution >= 4 is 78.1 Å². The first kappa shape index (κ1) is 68.1. The third-order valence-electron chi connectivity index (χ3n) is 16.6. The number of halogens is 4. The number of amides is 2. The number of hydrogen-bond donors (Lipinski definition) is 3. The number of unbranched alkanes of at least 4 members (excludes halogenated alkanes) is 2. The molecule has 0 saturated carbocycles. The molecule has 8 rings (SSSR count). The highest BCUT2D eigenvalue weighted by Crippen LogP contribution is 2.46. The summed E-state index contributed by atoms with van der Waals surface area (Å²) in [5.74, 6) is 1.24. The monoisotopic (exact) mass is 1310 g/mol. The van der Waals surface area contributed by atoms with E-state index >= 15 is 0 Å². The zero-order valence-corrected chi connectivity index (χ0v) is 54.2. The molecular weight excluding hydrogens is 1220 g/mol. The Morgan fingerprint density at radius 3 is 1.55 bits per heavy atom. The molecule has 2 amide bonds. The van der Waals surface area contributed by atoms with E-state index in [9.17, 15) is 26.4 Å². The number of ketones is 1. The molecule has 0 radical (unpaired) electrons. The van der Waals surface area contributed by atoms with Crippen molar-refractivity contribution in [2.75, 3.05) is 91.3 Å². The van der Waals surface area contributed by atoms with Gasteiger partial charge in [0, 0.05) is 89.0 Å². The van der Waals surface area contributed by atoms with E-state index in [0.29, 0.717) is 115 Å². The summed E-state index contributed by atoms with van der Waals surface area (Å²) >= 11 is 26.2. The molecule has 2 aliphatic carbocycles. The molecule has 3 N–H and O–H groups in total. The third kappa shape index (κ3) is 19.8. The fourth-order valence-corrected chi connectivity index (χ4v) is 15.6. The van der Waals surface area contributed by atoms with Gasteiger partial charge in [0.05, 0.1) is 67.3 Å². The molecule has 4 aliphatic rings. The van der Waals surface area contributed by atoms with Gasteiger partial charge in [-0.2, -0.15) is 0 Å². The Labute approximate surface area is 529 Å². The largest absolute Gasteiger partial charge is 0.484 e. The van der Waals surface area contributed by atoms with Gasteiger partial charge in [-0.1, -0.05) is 65.7 Å². The molecule has 0 spiro atoms. The van der Waals surface area contributed by atoms with Crippen molar-refractivity contribution < 1.29 is 54.8 Å². The summed E-state index contributed by atoms with van der Waals surface area (Å²) in [6.07, 6.45) is 12.0. The van der Waals surface area contributed by atoms with Gasteiger partial charge < -0.3 is 39.1 Å². The number of hydrogen-bond acceptors (Lipinski definition) is 14. The van der Waals surface area contributed by atoms with Crippen molar-refractivity contribution in [1.29, 1.82) is 0 Å². The number of carbonyl (C=O) groups excluding carboxylic acids is 2. The van der Waals surface area contributed by atoms with Crippen LogP contribution in [0.25, 0.3) is 0 Å². The van der Waals surface area contributed by atoms with E-state index in [2.05, 4.69) is 39.0 Å². The van der Waals surface area contributed by atoms with Crippen molar-refractivity contribution in [1.82, 2.24) is 25.2 Å². The van der Waals surface area contributed by atoms with E-state index in [-0.39, 0.29) is 78.0 Å². The molecule has 2 aliphatic heterocycles. The molecule has 474 valence electrons. The van der Waals surface area contributed by atoms with E-state index < -0.39 is 19.9 Å². The summed E-state index contributed by atoms with van der Waals surface area (Å²) in [5.41, 5.74) is 4.05. The van der Waals surface area contributed by atoms with Crippen molar-refractivity contribution in [3.05, 3.63) is 115 Å². The number of nitrogens with zero attached hydrogens (tertiary/aromatic N) is 2. The van der Waals surface area contributed by atoms with Crippen LogP contribution in [0.1, 0.15) is 132 Å². The second kappa shape index (κ2) is 33.9. The first-order valence-electron chi connectivity index (χ1n) is 30.5. The Morgan fingerprint density at radius 2 is 1.01 bits per heavy atom. The van der Waals surface area contributed by atoms with Crippen LogP contribution in [0.3, 0.4) is 0 Å². The average molecular weight is 1310 g/mol. The molecule has 0 unspecified atom stereocenters. The zero-order chi connectivity index (χ0) is 61.1. The summed E-state index contributed by atoms with van der Waals surface area (Å²) in [5, 5.41) is 7.96.